The molecule has 1 aliphatic rings. The maximum atomic E-state index is 11.8. The smallest absolute Gasteiger partial charge is 0.344 e. The van der Waals surface area contributed by atoms with Crippen LogP contribution in [0, 0.1) is 0 Å². The third kappa shape index (κ3) is 5.54. The van der Waals surface area contributed by atoms with E-state index in [1.54, 1.807) is 24.8 Å². The van der Waals surface area contributed by atoms with E-state index >= 15 is 0 Å². The number of ether oxygens (including phenoxy) is 3. The Morgan fingerprint density at radius 2 is 1.94 bits per heavy atom. The Kier molecular flexibility index (Phi) is 7.62. The highest BCUT2D eigenvalue weighted by molar-refractivity contribution is 7.99. The average Bonchev–Trinajstić information content (AvgIpc) is 3.00. The van der Waals surface area contributed by atoms with Crippen molar-refractivity contribution < 1.29 is 19.0 Å². The van der Waals surface area contributed by atoms with Crippen LogP contribution in [0.5, 0.6) is 11.6 Å². The molecule has 0 unspecified atom stereocenters. The monoisotopic (exact) mass is 466 g/mol. The molecule has 1 aliphatic heterocycles. The second-order valence-electron chi connectivity index (χ2n) is 7.27. The van der Waals surface area contributed by atoms with E-state index < -0.39 is 12.2 Å². The van der Waals surface area contributed by atoms with Gasteiger partial charge in [0.25, 0.3) is 0 Å². The van der Waals surface area contributed by atoms with Crippen LogP contribution in [-0.4, -0.2) is 40.1 Å². The maximum absolute atomic E-state index is 11.8. The number of carbonyl (C=O) groups excluding carboxylic acids is 1. The molecule has 0 fully saturated rings. The van der Waals surface area contributed by atoms with Gasteiger partial charge in [0, 0.05) is 17.0 Å². The number of unbranched alkanes of at least 4 members (excludes halogenated alkanes) is 1. The lowest BCUT2D eigenvalue weighted by atomic mass is 10.1. The fourth-order valence-electron chi connectivity index (χ4n) is 3.32. The number of hydrogen-bond donors (Lipinski definition) is 1. The number of nitrogens with one attached hydrogen (secondary N) is 1. The second kappa shape index (κ2) is 11.0. The van der Waals surface area contributed by atoms with E-state index in [9.17, 15) is 4.79 Å². The van der Waals surface area contributed by atoms with Gasteiger partial charge in [0.2, 0.25) is 17.3 Å². The van der Waals surface area contributed by atoms with Crippen molar-refractivity contribution in [2.75, 3.05) is 24.3 Å². The molecule has 9 heteroatoms. The Balaban J connectivity index is 1.67. The summed E-state index contributed by atoms with van der Waals surface area (Å²) in [5.41, 5.74) is 2.99. The lowest BCUT2D eigenvalue weighted by Crippen LogP contribution is -2.20. The highest BCUT2D eigenvalue weighted by Gasteiger charge is 2.28. The average molecular weight is 467 g/mol. The van der Waals surface area contributed by atoms with Gasteiger partial charge >= 0.3 is 5.97 Å². The largest absolute Gasteiger partial charge is 0.481 e. The molecule has 2 aromatic carbocycles. The summed E-state index contributed by atoms with van der Waals surface area (Å²) in [5, 5.41) is 12.7. The third-order valence-corrected chi connectivity index (χ3v) is 5.84. The van der Waals surface area contributed by atoms with Crippen LogP contribution >= 0.6 is 11.8 Å². The van der Waals surface area contributed by atoms with Crippen LogP contribution < -0.4 is 14.8 Å². The molecule has 33 heavy (non-hydrogen) atoms. The summed E-state index contributed by atoms with van der Waals surface area (Å²) in [6, 6.07) is 15.2. The maximum Gasteiger partial charge on any atom is 0.344 e. The summed E-state index contributed by atoms with van der Waals surface area (Å²) in [4.78, 5) is 16.5. The quantitative estimate of drug-likeness (QED) is 0.269. The minimum atomic E-state index is -0.615. The van der Waals surface area contributed by atoms with Crippen molar-refractivity contribution in [2.45, 2.75) is 38.1 Å². The van der Waals surface area contributed by atoms with Crippen LogP contribution in [0.2, 0.25) is 0 Å². The first kappa shape index (κ1) is 22.8. The van der Waals surface area contributed by atoms with Crippen molar-refractivity contribution in [2.24, 2.45) is 0 Å². The summed E-state index contributed by atoms with van der Waals surface area (Å²) in [6.45, 7) is 4.02. The summed E-state index contributed by atoms with van der Waals surface area (Å²) in [5.74, 6) is 1.40. The molecule has 1 N–H and O–H groups in total. The topological polar surface area (TPSA) is 95.5 Å². The molecule has 0 aliphatic carbocycles. The molecule has 8 nitrogen and oxygen atoms in total. The highest BCUT2D eigenvalue weighted by atomic mass is 32.2. The van der Waals surface area contributed by atoms with Crippen LogP contribution in [0.15, 0.2) is 53.7 Å². The van der Waals surface area contributed by atoms with E-state index in [4.69, 9.17) is 14.2 Å². The van der Waals surface area contributed by atoms with Crippen molar-refractivity contribution >= 4 is 23.4 Å². The lowest BCUT2D eigenvalue weighted by molar-refractivity contribution is -0.145. The van der Waals surface area contributed by atoms with Gasteiger partial charge in [0.15, 0.2) is 12.3 Å². The fraction of sp³-hybridized carbons (Fsp3) is 0.333. The lowest BCUT2D eigenvalue weighted by Gasteiger charge is -2.21. The Bertz CT molecular complexity index is 1110. The molecule has 0 saturated carbocycles. The number of thioether (sulfide) groups is 1. The van der Waals surface area contributed by atoms with E-state index in [2.05, 4.69) is 27.4 Å². The number of para-hydroxylation sites is 2. The molecule has 1 atom stereocenters. The van der Waals surface area contributed by atoms with Gasteiger partial charge in [-0.3, -0.25) is 0 Å². The van der Waals surface area contributed by atoms with Crippen molar-refractivity contribution in [3.63, 3.8) is 0 Å². The van der Waals surface area contributed by atoms with E-state index in [-0.39, 0.29) is 6.61 Å². The van der Waals surface area contributed by atoms with Gasteiger partial charge in [-0.15, -0.1) is 10.2 Å². The van der Waals surface area contributed by atoms with Gasteiger partial charge < -0.3 is 19.5 Å². The van der Waals surface area contributed by atoms with E-state index in [0.717, 1.165) is 35.4 Å². The number of aromatic nitrogens is 3. The molecule has 3 aromatic rings. The Morgan fingerprint density at radius 3 is 2.79 bits per heavy atom. The zero-order chi connectivity index (χ0) is 23.0. The molecule has 0 bridgehead atoms. The Morgan fingerprint density at radius 1 is 1.12 bits per heavy atom. The van der Waals surface area contributed by atoms with Gasteiger partial charge in [-0.2, -0.15) is 4.98 Å². The van der Waals surface area contributed by atoms with Crippen molar-refractivity contribution in [1.29, 1.82) is 0 Å². The molecule has 4 rings (SSSR count). The minimum absolute atomic E-state index is 0.188. The van der Waals surface area contributed by atoms with E-state index in [1.165, 1.54) is 0 Å². The number of carbonyl (C=O) groups is 1. The fourth-order valence-corrected chi connectivity index (χ4v) is 4.19. The number of hydrogen-bond acceptors (Lipinski definition) is 9. The van der Waals surface area contributed by atoms with Crippen LogP contribution in [-0.2, 0) is 9.53 Å². The number of rotatable bonds is 9. The predicted octanol–water partition coefficient (Wildman–Crippen LogP) is 4.88. The molecule has 0 spiro atoms. The second-order valence-corrected chi connectivity index (χ2v) is 8.33. The van der Waals surface area contributed by atoms with Crippen LogP contribution in [0.3, 0.4) is 0 Å². The first-order valence-corrected chi connectivity index (χ1v) is 12.0. The van der Waals surface area contributed by atoms with Crippen molar-refractivity contribution in [1.82, 2.24) is 15.2 Å². The molecule has 172 valence electrons. The summed E-state index contributed by atoms with van der Waals surface area (Å²) >= 11 is 1.56. The SMILES string of the molecule is CCCCSc1nnc2c(n1)O[C@H](c1ccccc1OCC(=O)OCC)Nc1ccccc1-2. The first-order chi connectivity index (χ1) is 16.2. The summed E-state index contributed by atoms with van der Waals surface area (Å²) in [6.07, 6.45) is 1.56. The Hall–Kier alpha value is -3.33. The van der Waals surface area contributed by atoms with Gasteiger partial charge in [-0.1, -0.05) is 55.4 Å². The molecule has 0 radical (unpaired) electrons. The predicted molar refractivity (Wildman–Crippen MR) is 126 cm³/mol. The van der Waals surface area contributed by atoms with Crippen molar-refractivity contribution in [3.05, 3.63) is 54.1 Å². The van der Waals surface area contributed by atoms with Gasteiger partial charge in [-0.05, 0) is 31.5 Å². The van der Waals surface area contributed by atoms with Crippen LogP contribution in [0.25, 0.3) is 11.3 Å². The summed E-state index contributed by atoms with van der Waals surface area (Å²) < 4.78 is 17.1. The van der Waals surface area contributed by atoms with Gasteiger partial charge in [0.05, 0.1) is 12.2 Å². The van der Waals surface area contributed by atoms with Crippen LogP contribution in [0.4, 0.5) is 5.69 Å². The molecule has 0 saturated heterocycles. The van der Waals surface area contributed by atoms with E-state index in [1.807, 2.05) is 42.5 Å². The molecule has 0 amide bonds. The van der Waals surface area contributed by atoms with Gasteiger partial charge in [0.1, 0.15) is 5.75 Å². The first-order valence-electron chi connectivity index (χ1n) is 11.0. The molecule has 2 heterocycles. The minimum Gasteiger partial charge on any atom is -0.481 e. The zero-order valence-corrected chi connectivity index (χ0v) is 19.4. The van der Waals surface area contributed by atoms with Crippen molar-refractivity contribution in [3.8, 4) is 22.9 Å². The number of nitrogens with zero attached hydrogens (tertiary/aromatic N) is 3. The number of fused-ring (bicyclic) bond motifs is 3. The third-order valence-electron chi connectivity index (χ3n) is 4.91. The number of benzene rings is 2. The normalized spacial score (nSPS) is 14.2. The molecule has 1 aromatic heterocycles. The molecular formula is C24H26N4O4S. The zero-order valence-electron chi connectivity index (χ0n) is 18.6. The standard InChI is InChI=1S/C24H26N4O4S/c1-3-5-14-33-24-26-23-21(27-28-24)16-10-6-8-12-18(16)25-22(32-23)17-11-7-9-13-19(17)31-15-20(29)30-4-2/h6-13,22,25H,3-5,14-15H2,1-2H3/t22-/m1/s1. The summed E-state index contributed by atoms with van der Waals surface area (Å²) in [7, 11) is 0. The number of anilines is 1. The number of esters is 1. The van der Waals surface area contributed by atoms with E-state index in [0.29, 0.717) is 29.1 Å². The highest BCUT2D eigenvalue weighted by Crippen LogP contribution is 2.41. The van der Waals surface area contributed by atoms with Crippen LogP contribution in [0.1, 0.15) is 38.5 Å². The molecular weight excluding hydrogens is 440 g/mol. The van der Waals surface area contributed by atoms with Gasteiger partial charge in [-0.25, -0.2) is 4.79 Å². The Labute approximate surface area is 197 Å².